The maximum Gasteiger partial charge on any atom is 0.494 e. The summed E-state index contributed by atoms with van der Waals surface area (Å²) in [5, 5.41) is 3.95. The minimum absolute atomic E-state index is 0.0391. The summed E-state index contributed by atoms with van der Waals surface area (Å²) < 4.78 is 51.7. The number of amides is 1. The average molecular weight is 639 g/mol. The van der Waals surface area contributed by atoms with E-state index in [2.05, 4.69) is 10.2 Å². The third kappa shape index (κ3) is 7.21. The Labute approximate surface area is 271 Å². The average Bonchev–Trinajstić information content (AvgIpc) is 3.76. The molecule has 3 aliphatic heterocycles. The summed E-state index contributed by atoms with van der Waals surface area (Å²) in [6.07, 6.45) is -0.0478. The first-order valence-electron chi connectivity index (χ1n) is 16.5. The number of alkyl halides is 3. The smallest absolute Gasteiger partial charge is 0.399 e. The molecule has 0 aliphatic carbocycles. The van der Waals surface area contributed by atoms with Crippen molar-refractivity contribution >= 4 is 35.2 Å². The van der Waals surface area contributed by atoms with Crippen LogP contribution in [0.4, 0.5) is 19.0 Å². The number of hydrogen-bond acceptors (Lipinski definition) is 6. The third-order valence-electron chi connectivity index (χ3n) is 9.65. The number of nitrogens with one attached hydrogen (secondary N) is 1. The highest BCUT2D eigenvalue weighted by Gasteiger charge is 2.51. The van der Waals surface area contributed by atoms with Crippen molar-refractivity contribution in [3.63, 3.8) is 0 Å². The minimum atomic E-state index is -4.39. The van der Waals surface area contributed by atoms with Crippen LogP contribution in [0.25, 0.3) is 10.9 Å². The zero-order valence-electron chi connectivity index (χ0n) is 27.8. The minimum Gasteiger partial charge on any atom is -0.399 e. The molecule has 0 bridgehead atoms. The first kappa shape index (κ1) is 34.2. The lowest BCUT2D eigenvalue weighted by Gasteiger charge is -2.32. The van der Waals surface area contributed by atoms with Crippen molar-refractivity contribution in [2.45, 2.75) is 97.2 Å². The van der Waals surface area contributed by atoms with E-state index in [4.69, 9.17) is 14.3 Å². The van der Waals surface area contributed by atoms with Crippen LogP contribution < -0.4 is 10.8 Å². The van der Waals surface area contributed by atoms with Gasteiger partial charge in [-0.1, -0.05) is 38.1 Å². The summed E-state index contributed by atoms with van der Waals surface area (Å²) in [4.78, 5) is 23.6. The standard InChI is InChI=1S/C33H40BF3N4O3.C2H6/c1-31(2)32(3,4)44-34(43-31)24-13-14-28-26(18-24)27(30(42)41-17-7-8-25(41)21-40-15-5-6-16-40)19-29(39-28)38-20-22-9-11-23(12-10-22)33(35,36)37;1-2/h9-14,18-19,25H,5-8,15-17,20-21H2,1-4H3,(H,38,39);1-2H3/t25-;/m0./s1. The Morgan fingerprint density at radius 1 is 0.957 bits per heavy atom. The fourth-order valence-electron chi connectivity index (χ4n) is 6.35. The molecule has 1 aromatic heterocycles. The van der Waals surface area contributed by atoms with Crippen LogP contribution in [0.5, 0.6) is 0 Å². The highest BCUT2D eigenvalue weighted by Crippen LogP contribution is 2.37. The maximum atomic E-state index is 14.3. The van der Waals surface area contributed by atoms with E-state index in [0.717, 1.165) is 50.1 Å². The number of carbonyl (C=O) groups excluding carboxylic acids is 1. The molecule has 1 amide bonds. The van der Waals surface area contributed by atoms with E-state index in [1.54, 1.807) is 6.07 Å². The third-order valence-corrected chi connectivity index (χ3v) is 9.65. The monoisotopic (exact) mass is 638 g/mol. The Hall–Kier alpha value is -3.15. The van der Waals surface area contributed by atoms with E-state index in [-0.39, 0.29) is 18.5 Å². The molecule has 0 saturated carbocycles. The number of carbonyl (C=O) groups is 1. The second kappa shape index (κ2) is 13.5. The van der Waals surface area contributed by atoms with Crippen LogP contribution in [0.1, 0.15) is 88.7 Å². The summed E-state index contributed by atoms with van der Waals surface area (Å²) in [7, 11) is -0.584. The Kier molecular flexibility index (Phi) is 10.1. The second-order valence-electron chi connectivity index (χ2n) is 13.3. The molecule has 3 saturated heterocycles. The van der Waals surface area contributed by atoms with Gasteiger partial charge in [-0.15, -0.1) is 0 Å². The van der Waals surface area contributed by atoms with E-state index < -0.39 is 30.1 Å². The fraction of sp³-hybridized carbons (Fsp3) is 0.543. The molecule has 7 nitrogen and oxygen atoms in total. The number of rotatable bonds is 7. The normalized spacial score (nSPS) is 21.0. The zero-order chi connectivity index (χ0) is 33.3. The summed E-state index contributed by atoms with van der Waals surface area (Å²) in [5.74, 6) is 0.446. The Morgan fingerprint density at radius 3 is 2.24 bits per heavy atom. The van der Waals surface area contributed by atoms with Gasteiger partial charge >= 0.3 is 13.3 Å². The molecule has 3 aliphatic rings. The molecule has 3 fully saturated rings. The highest BCUT2D eigenvalue weighted by atomic mass is 19.4. The molecule has 0 radical (unpaired) electrons. The molecule has 4 heterocycles. The van der Waals surface area contributed by atoms with Gasteiger partial charge in [-0.3, -0.25) is 4.79 Å². The molecular formula is C35H46BF3N4O3. The van der Waals surface area contributed by atoms with Crippen molar-refractivity contribution in [3.8, 4) is 0 Å². The SMILES string of the molecule is CC.CC1(C)OB(c2ccc3nc(NCc4ccc(C(F)(F)F)cc4)cc(C(=O)N4CCC[C@H]4CN4CCCC4)c3c2)OC1(C)C. The van der Waals surface area contributed by atoms with Gasteiger partial charge < -0.3 is 24.4 Å². The molecule has 1 N–H and O–H groups in total. The molecule has 248 valence electrons. The second-order valence-corrected chi connectivity index (χ2v) is 13.3. The Morgan fingerprint density at radius 2 is 1.61 bits per heavy atom. The van der Waals surface area contributed by atoms with Crippen molar-refractivity contribution in [3.05, 3.63) is 65.2 Å². The number of nitrogens with zero attached hydrogens (tertiary/aromatic N) is 3. The van der Waals surface area contributed by atoms with Gasteiger partial charge in [0.05, 0.1) is 27.8 Å². The molecule has 0 unspecified atom stereocenters. The van der Waals surface area contributed by atoms with E-state index in [9.17, 15) is 18.0 Å². The summed E-state index contributed by atoms with van der Waals surface area (Å²) in [6, 6.07) is 12.7. The van der Waals surface area contributed by atoms with Gasteiger partial charge in [0.2, 0.25) is 0 Å². The zero-order valence-corrected chi connectivity index (χ0v) is 27.8. The maximum absolute atomic E-state index is 14.3. The van der Waals surface area contributed by atoms with Crippen molar-refractivity contribution in [1.29, 1.82) is 0 Å². The van der Waals surface area contributed by atoms with Crippen LogP contribution in [0.15, 0.2) is 48.5 Å². The summed E-state index contributed by atoms with van der Waals surface area (Å²) in [6.45, 7) is 16.0. The number of benzene rings is 2. The van der Waals surface area contributed by atoms with Gasteiger partial charge in [0, 0.05) is 31.1 Å². The predicted octanol–water partition coefficient (Wildman–Crippen LogP) is 6.89. The summed E-state index contributed by atoms with van der Waals surface area (Å²) >= 11 is 0. The Bertz CT molecular complexity index is 1510. The number of hydrogen-bond donors (Lipinski definition) is 1. The number of halogens is 3. The van der Waals surface area contributed by atoms with Gasteiger partial charge in [-0.25, -0.2) is 4.98 Å². The van der Waals surface area contributed by atoms with Crippen LogP contribution in [-0.2, 0) is 22.0 Å². The van der Waals surface area contributed by atoms with E-state index in [0.29, 0.717) is 34.4 Å². The highest BCUT2D eigenvalue weighted by molar-refractivity contribution is 6.62. The van der Waals surface area contributed by atoms with Gasteiger partial charge in [0.25, 0.3) is 5.91 Å². The lowest BCUT2D eigenvalue weighted by Crippen LogP contribution is -2.42. The van der Waals surface area contributed by atoms with E-state index >= 15 is 0 Å². The van der Waals surface area contributed by atoms with Crippen LogP contribution in [0.3, 0.4) is 0 Å². The number of fused-ring (bicyclic) bond motifs is 1. The first-order valence-corrected chi connectivity index (χ1v) is 16.5. The molecule has 11 heteroatoms. The molecule has 2 aromatic carbocycles. The summed E-state index contributed by atoms with van der Waals surface area (Å²) in [5.41, 5.74) is 0.964. The van der Waals surface area contributed by atoms with Gasteiger partial charge in [-0.2, -0.15) is 13.2 Å². The molecule has 6 rings (SSSR count). The molecule has 3 aromatic rings. The van der Waals surface area contributed by atoms with Gasteiger partial charge in [-0.05, 0) is 102 Å². The topological polar surface area (TPSA) is 66.9 Å². The molecular weight excluding hydrogens is 592 g/mol. The van der Waals surface area contributed by atoms with Gasteiger partial charge in [0.15, 0.2) is 0 Å². The van der Waals surface area contributed by atoms with Gasteiger partial charge in [0.1, 0.15) is 5.82 Å². The van der Waals surface area contributed by atoms with Crippen LogP contribution >= 0.6 is 0 Å². The number of aromatic nitrogens is 1. The number of pyridine rings is 1. The molecule has 46 heavy (non-hydrogen) atoms. The fourth-order valence-corrected chi connectivity index (χ4v) is 6.35. The number of likely N-dealkylation sites (tertiary alicyclic amines) is 2. The van der Waals surface area contributed by atoms with Crippen molar-refractivity contribution in [2.75, 3.05) is 31.5 Å². The molecule has 1 atom stereocenters. The van der Waals surface area contributed by atoms with Crippen LogP contribution in [-0.4, -0.2) is 71.2 Å². The lowest BCUT2D eigenvalue weighted by molar-refractivity contribution is -0.137. The van der Waals surface area contributed by atoms with E-state index in [1.807, 2.05) is 64.6 Å². The quantitative estimate of drug-likeness (QED) is 0.285. The Balaban J connectivity index is 0.00000204. The first-order chi connectivity index (χ1) is 21.8. The van der Waals surface area contributed by atoms with E-state index in [1.165, 1.54) is 25.0 Å². The predicted molar refractivity (Wildman–Crippen MR) is 177 cm³/mol. The van der Waals surface area contributed by atoms with Crippen LogP contribution in [0.2, 0.25) is 0 Å². The van der Waals surface area contributed by atoms with Crippen molar-refractivity contribution < 1.29 is 27.3 Å². The van der Waals surface area contributed by atoms with Crippen LogP contribution in [0, 0.1) is 0 Å². The number of anilines is 1. The lowest BCUT2D eigenvalue weighted by atomic mass is 9.78. The largest absolute Gasteiger partial charge is 0.494 e. The van der Waals surface area contributed by atoms with Crippen molar-refractivity contribution in [2.24, 2.45) is 0 Å². The molecule has 0 spiro atoms. The van der Waals surface area contributed by atoms with Crippen molar-refractivity contribution in [1.82, 2.24) is 14.8 Å².